The van der Waals surface area contributed by atoms with Gasteiger partial charge in [-0.05, 0) is 29.3 Å². The first kappa shape index (κ1) is 12.2. The van der Waals surface area contributed by atoms with E-state index >= 15 is 0 Å². The van der Waals surface area contributed by atoms with Crippen LogP contribution in [0.3, 0.4) is 0 Å². The maximum atomic E-state index is 5.26. The summed E-state index contributed by atoms with van der Waals surface area (Å²) in [6.45, 7) is 0. The normalized spacial score (nSPS) is 10.6. The zero-order valence-electron chi connectivity index (χ0n) is 10.5. The Kier molecular flexibility index (Phi) is 3.97. The van der Waals surface area contributed by atoms with E-state index in [0.717, 1.165) is 22.6 Å². The van der Waals surface area contributed by atoms with Gasteiger partial charge in [-0.3, -0.25) is 4.98 Å². The third-order valence-electron chi connectivity index (χ3n) is 2.56. The SMILES string of the molecule is COc1ccc(C=Cc2cccnc2)cc1OC. The zero-order chi connectivity index (χ0) is 12.8. The molecule has 0 bridgehead atoms. The predicted molar refractivity (Wildman–Crippen MR) is 72.7 cm³/mol. The molecule has 18 heavy (non-hydrogen) atoms. The summed E-state index contributed by atoms with van der Waals surface area (Å²) in [7, 11) is 3.26. The van der Waals surface area contributed by atoms with Crippen LogP contribution in [0.4, 0.5) is 0 Å². The third kappa shape index (κ3) is 2.88. The summed E-state index contributed by atoms with van der Waals surface area (Å²) in [6, 6.07) is 9.72. The molecule has 2 aromatic rings. The molecule has 92 valence electrons. The van der Waals surface area contributed by atoms with E-state index in [1.807, 2.05) is 48.7 Å². The van der Waals surface area contributed by atoms with Crippen LogP contribution in [0.15, 0.2) is 42.7 Å². The highest BCUT2D eigenvalue weighted by Gasteiger charge is 2.02. The molecule has 0 saturated heterocycles. The van der Waals surface area contributed by atoms with Crippen molar-refractivity contribution in [2.24, 2.45) is 0 Å². The van der Waals surface area contributed by atoms with E-state index in [4.69, 9.17) is 9.47 Å². The van der Waals surface area contributed by atoms with Crippen molar-refractivity contribution < 1.29 is 9.47 Å². The monoisotopic (exact) mass is 241 g/mol. The Balaban J connectivity index is 2.22. The molecule has 0 unspecified atom stereocenters. The maximum absolute atomic E-state index is 5.26. The molecule has 0 N–H and O–H groups in total. The molecule has 3 nitrogen and oxygen atoms in total. The van der Waals surface area contributed by atoms with Gasteiger partial charge in [-0.2, -0.15) is 0 Å². The topological polar surface area (TPSA) is 31.4 Å². The number of hydrogen-bond donors (Lipinski definition) is 0. The highest BCUT2D eigenvalue weighted by Crippen LogP contribution is 2.28. The first-order valence-electron chi connectivity index (χ1n) is 5.63. The molecule has 0 aliphatic carbocycles. The zero-order valence-corrected chi connectivity index (χ0v) is 10.5. The molecule has 0 amide bonds. The molecular weight excluding hydrogens is 226 g/mol. The van der Waals surface area contributed by atoms with Crippen LogP contribution in [-0.2, 0) is 0 Å². The molecule has 0 spiro atoms. The highest BCUT2D eigenvalue weighted by molar-refractivity contribution is 5.70. The predicted octanol–water partition coefficient (Wildman–Crippen LogP) is 3.27. The summed E-state index contributed by atoms with van der Waals surface area (Å²) in [5.74, 6) is 1.46. The molecule has 0 aliphatic heterocycles. The van der Waals surface area contributed by atoms with Crippen LogP contribution in [0.1, 0.15) is 11.1 Å². The number of ether oxygens (including phenoxy) is 2. The molecule has 2 rings (SSSR count). The molecule has 0 radical (unpaired) electrons. The van der Waals surface area contributed by atoms with Crippen LogP contribution in [0, 0.1) is 0 Å². The van der Waals surface area contributed by atoms with Gasteiger partial charge in [0.2, 0.25) is 0 Å². The van der Waals surface area contributed by atoms with Gasteiger partial charge >= 0.3 is 0 Å². The molecule has 1 heterocycles. The van der Waals surface area contributed by atoms with Gasteiger partial charge in [0.25, 0.3) is 0 Å². The van der Waals surface area contributed by atoms with Gasteiger partial charge in [-0.1, -0.05) is 24.3 Å². The Morgan fingerprint density at radius 1 is 0.944 bits per heavy atom. The molecule has 0 atom stereocenters. The Bertz CT molecular complexity index is 535. The first-order valence-corrected chi connectivity index (χ1v) is 5.63. The van der Waals surface area contributed by atoms with Gasteiger partial charge in [0.1, 0.15) is 0 Å². The first-order chi connectivity index (χ1) is 8.83. The smallest absolute Gasteiger partial charge is 0.161 e. The van der Waals surface area contributed by atoms with Crippen molar-refractivity contribution >= 4 is 12.2 Å². The lowest BCUT2D eigenvalue weighted by Gasteiger charge is -2.07. The van der Waals surface area contributed by atoms with Crippen LogP contribution in [0.25, 0.3) is 12.2 Å². The second-order valence-corrected chi connectivity index (χ2v) is 3.73. The maximum Gasteiger partial charge on any atom is 0.161 e. The van der Waals surface area contributed by atoms with E-state index in [0.29, 0.717) is 0 Å². The summed E-state index contributed by atoms with van der Waals surface area (Å²) in [6.07, 6.45) is 7.60. The van der Waals surface area contributed by atoms with E-state index in [2.05, 4.69) is 4.98 Å². The van der Waals surface area contributed by atoms with Gasteiger partial charge in [0.15, 0.2) is 11.5 Å². The molecule has 0 fully saturated rings. The number of methoxy groups -OCH3 is 2. The van der Waals surface area contributed by atoms with Gasteiger partial charge in [0, 0.05) is 12.4 Å². The average molecular weight is 241 g/mol. The standard InChI is InChI=1S/C15H15NO2/c1-17-14-8-7-12(10-15(14)18-2)5-6-13-4-3-9-16-11-13/h3-11H,1-2H3. The fraction of sp³-hybridized carbons (Fsp3) is 0.133. The number of benzene rings is 1. The Morgan fingerprint density at radius 2 is 1.72 bits per heavy atom. The van der Waals surface area contributed by atoms with Crippen molar-refractivity contribution in [1.29, 1.82) is 0 Å². The van der Waals surface area contributed by atoms with Crippen molar-refractivity contribution in [2.45, 2.75) is 0 Å². The Hall–Kier alpha value is -2.29. The fourth-order valence-corrected chi connectivity index (χ4v) is 1.62. The summed E-state index contributed by atoms with van der Waals surface area (Å²) in [5, 5.41) is 0. The lowest BCUT2D eigenvalue weighted by atomic mass is 10.1. The molecule has 0 saturated carbocycles. The van der Waals surface area contributed by atoms with Crippen LogP contribution in [-0.4, -0.2) is 19.2 Å². The second kappa shape index (κ2) is 5.87. The summed E-state index contributed by atoms with van der Waals surface area (Å²) >= 11 is 0. The number of pyridine rings is 1. The largest absolute Gasteiger partial charge is 0.493 e. The van der Waals surface area contributed by atoms with E-state index in [9.17, 15) is 0 Å². The summed E-state index contributed by atoms with van der Waals surface area (Å²) < 4.78 is 10.5. The Morgan fingerprint density at radius 3 is 2.39 bits per heavy atom. The summed E-state index contributed by atoms with van der Waals surface area (Å²) in [5.41, 5.74) is 2.11. The molecule has 0 aliphatic rings. The van der Waals surface area contributed by atoms with Gasteiger partial charge in [0.05, 0.1) is 14.2 Å². The minimum Gasteiger partial charge on any atom is -0.493 e. The minimum atomic E-state index is 0.728. The highest BCUT2D eigenvalue weighted by atomic mass is 16.5. The van der Waals surface area contributed by atoms with Gasteiger partial charge in [-0.25, -0.2) is 0 Å². The number of hydrogen-bond acceptors (Lipinski definition) is 3. The third-order valence-corrected chi connectivity index (χ3v) is 2.56. The van der Waals surface area contributed by atoms with Crippen molar-refractivity contribution in [3.8, 4) is 11.5 Å². The van der Waals surface area contributed by atoms with Crippen LogP contribution in [0.5, 0.6) is 11.5 Å². The van der Waals surface area contributed by atoms with Crippen LogP contribution >= 0.6 is 0 Å². The summed E-state index contributed by atoms with van der Waals surface area (Å²) in [4.78, 5) is 4.06. The van der Waals surface area contributed by atoms with Crippen molar-refractivity contribution in [3.63, 3.8) is 0 Å². The van der Waals surface area contributed by atoms with Crippen LogP contribution < -0.4 is 9.47 Å². The van der Waals surface area contributed by atoms with E-state index in [1.54, 1.807) is 20.4 Å². The fourth-order valence-electron chi connectivity index (χ4n) is 1.62. The lowest BCUT2D eigenvalue weighted by molar-refractivity contribution is 0.355. The van der Waals surface area contributed by atoms with Crippen molar-refractivity contribution in [2.75, 3.05) is 14.2 Å². The number of aromatic nitrogens is 1. The van der Waals surface area contributed by atoms with Crippen LogP contribution in [0.2, 0.25) is 0 Å². The van der Waals surface area contributed by atoms with Gasteiger partial charge < -0.3 is 9.47 Å². The molecule has 1 aromatic carbocycles. The Labute approximate surface area is 107 Å². The minimum absolute atomic E-state index is 0.728. The van der Waals surface area contributed by atoms with E-state index in [-0.39, 0.29) is 0 Å². The quantitative estimate of drug-likeness (QED) is 0.823. The van der Waals surface area contributed by atoms with Gasteiger partial charge in [-0.15, -0.1) is 0 Å². The van der Waals surface area contributed by atoms with Crippen molar-refractivity contribution in [3.05, 3.63) is 53.9 Å². The van der Waals surface area contributed by atoms with E-state index in [1.165, 1.54) is 0 Å². The lowest BCUT2D eigenvalue weighted by Crippen LogP contribution is -1.90. The molecule has 3 heteroatoms. The molecular formula is C15H15NO2. The number of rotatable bonds is 4. The van der Waals surface area contributed by atoms with Crippen molar-refractivity contribution in [1.82, 2.24) is 4.98 Å². The average Bonchev–Trinajstić information content (AvgIpc) is 2.45. The van der Waals surface area contributed by atoms with E-state index < -0.39 is 0 Å². The molecule has 1 aromatic heterocycles. The number of nitrogens with zero attached hydrogens (tertiary/aromatic N) is 1. The second-order valence-electron chi connectivity index (χ2n) is 3.73.